The SMILES string of the molecule is COc1c(C)cc(C)cc1S(=O)(=O)NC1CCCCC1. The van der Waals surface area contributed by atoms with Crippen LogP contribution in [-0.4, -0.2) is 21.6 Å². The van der Waals surface area contributed by atoms with Crippen molar-refractivity contribution in [2.45, 2.75) is 56.9 Å². The minimum absolute atomic E-state index is 0.0549. The van der Waals surface area contributed by atoms with Crippen LogP contribution in [0.5, 0.6) is 5.75 Å². The summed E-state index contributed by atoms with van der Waals surface area (Å²) < 4.78 is 33.3. The minimum atomic E-state index is -3.52. The Labute approximate surface area is 121 Å². The maximum Gasteiger partial charge on any atom is 0.244 e. The largest absolute Gasteiger partial charge is 0.495 e. The summed E-state index contributed by atoms with van der Waals surface area (Å²) in [5, 5.41) is 0. The predicted octanol–water partition coefficient (Wildman–Crippen LogP) is 2.92. The number of methoxy groups -OCH3 is 1. The molecule has 0 bridgehead atoms. The highest BCUT2D eigenvalue weighted by molar-refractivity contribution is 7.89. The molecule has 0 unspecified atom stereocenters. The lowest BCUT2D eigenvalue weighted by molar-refractivity contribution is 0.394. The second-order valence-electron chi connectivity index (χ2n) is 5.57. The molecule has 0 saturated heterocycles. The smallest absolute Gasteiger partial charge is 0.244 e. The number of nitrogens with one attached hydrogen (secondary N) is 1. The van der Waals surface area contributed by atoms with E-state index in [1.165, 1.54) is 13.5 Å². The summed E-state index contributed by atoms with van der Waals surface area (Å²) in [5.41, 5.74) is 1.77. The van der Waals surface area contributed by atoms with Crippen LogP contribution in [0.25, 0.3) is 0 Å². The van der Waals surface area contributed by atoms with Crippen LogP contribution in [0.15, 0.2) is 17.0 Å². The lowest BCUT2D eigenvalue weighted by Gasteiger charge is -2.23. The van der Waals surface area contributed by atoms with E-state index in [1.54, 1.807) is 6.07 Å². The van der Waals surface area contributed by atoms with Gasteiger partial charge in [-0.1, -0.05) is 25.3 Å². The Kier molecular flexibility index (Phi) is 4.70. The van der Waals surface area contributed by atoms with Gasteiger partial charge in [-0.3, -0.25) is 0 Å². The van der Waals surface area contributed by atoms with Gasteiger partial charge < -0.3 is 4.74 Å². The maximum absolute atomic E-state index is 12.6. The molecular formula is C15H23NO3S. The summed E-state index contributed by atoms with van der Waals surface area (Å²) in [6.07, 6.45) is 5.23. The van der Waals surface area contributed by atoms with Crippen molar-refractivity contribution >= 4 is 10.0 Å². The second kappa shape index (κ2) is 6.14. The molecule has 0 heterocycles. The summed E-state index contributed by atoms with van der Waals surface area (Å²) >= 11 is 0. The van der Waals surface area contributed by atoms with E-state index in [1.807, 2.05) is 19.9 Å². The number of ether oxygens (including phenoxy) is 1. The van der Waals surface area contributed by atoms with Crippen molar-refractivity contribution in [3.05, 3.63) is 23.3 Å². The molecular weight excluding hydrogens is 274 g/mol. The molecule has 1 aliphatic carbocycles. The first-order valence-corrected chi connectivity index (χ1v) is 8.60. The van der Waals surface area contributed by atoms with Gasteiger partial charge >= 0.3 is 0 Å². The molecule has 0 amide bonds. The second-order valence-corrected chi connectivity index (χ2v) is 7.25. The average Bonchev–Trinajstić information content (AvgIpc) is 2.38. The number of sulfonamides is 1. The average molecular weight is 297 g/mol. The van der Waals surface area contributed by atoms with Crippen molar-refractivity contribution in [1.82, 2.24) is 4.72 Å². The van der Waals surface area contributed by atoms with Crippen molar-refractivity contribution in [2.24, 2.45) is 0 Å². The van der Waals surface area contributed by atoms with Gasteiger partial charge in [0, 0.05) is 6.04 Å². The number of rotatable bonds is 4. The van der Waals surface area contributed by atoms with Crippen LogP contribution in [0.4, 0.5) is 0 Å². The van der Waals surface area contributed by atoms with Crippen LogP contribution < -0.4 is 9.46 Å². The Bertz CT molecular complexity index is 575. The molecule has 1 aromatic rings. The zero-order chi connectivity index (χ0) is 14.8. The predicted molar refractivity (Wildman–Crippen MR) is 79.7 cm³/mol. The Morgan fingerprint density at radius 2 is 1.80 bits per heavy atom. The van der Waals surface area contributed by atoms with Crippen LogP contribution in [0.2, 0.25) is 0 Å². The summed E-state index contributed by atoms with van der Waals surface area (Å²) in [6.45, 7) is 3.76. The van der Waals surface area contributed by atoms with Gasteiger partial charge in [0.15, 0.2) is 0 Å². The standard InChI is InChI=1S/C15H23NO3S/c1-11-9-12(2)15(19-3)14(10-11)20(17,18)16-13-7-5-4-6-8-13/h9-10,13,16H,4-8H2,1-3H3. The highest BCUT2D eigenvalue weighted by Gasteiger charge is 2.25. The van der Waals surface area contributed by atoms with Crippen LogP contribution in [-0.2, 0) is 10.0 Å². The van der Waals surface area contributed by atoms with E-state index in [-0.39, 0.29) is 10.9 Å². The molecule has 1 N–H and O–H groups in total. The summed E-state index contributed by atoms with van der Waals surface area (Å²) in [4.78, 5) is 0.253. The minimum Gasteiger partial charge on any atom is -0.495 e. The topological polar surface area (TPSA) is 55.4 Å². The summed E-state index contributed by atoms with van der Waals surface area (Å²) in [7, 11) is -2.01. The molecule has 1 saturated carbocycles. The lowest BCUT2D eigenvalue weighted by atomic mass is 9.96. The van der Waals surface area contributed by atoms with Crippen molar-refractivity contribution in [2.75, 3.05) is 7.11 Å². The summed E-state index contributed by atoms with van der Waals surface area (Å²) in [5.74, 6) is 0.443. The van der Waals surface area contributed by atoms with Gasteiger partial charge in [0.1, 0.15) is 10.6 Å². The molecule has 1 aromatic carbocycles. The van der Waals surface area contributed by atoms with E-state index >= 15 is 0 Å². The van der Waals surface area contributed by atoms with Crippen molar-refractivity contribution in [1.29, 1.82) is 0 Å². The van der Waals surface area contributed by atoms with Crippen LogP contribution in [0.1, 0.15) is 43.2 Å². The van der Waals surface area contributed by atoms with Crippen LogP contribution >= 0.6 is 0 Å². The van der Waals surface area contributed by atoms with Gasteiger partial charge in [0.05, 0.1) is 7.11 Å². The van der Waals surface area contributed by atoms with Crippen molar-refractivity contribution < 1.29 is 13.2 Å². The fraction of sp³-hybridized carbons (Fsp3) is 0.600. The normalized spacial score (nSPS) is 17.1. The highest BCUT2D eigenvalue weighted by Crippen LogP contribution is 2.30. The Hall–Kier alpha value is -1.07. The van der Waals surface area contributed by atoms with E-state index in [0.29, 0.717) is 5.75 Å². The molecule has 0 radical (unpaired) electrons. The molecule has 1 aliphatic rings. The molecule has 5 heteroatoms. The van der Waals surface area contributed by atoms with Gasteiger partial charge in [-0.25, -0.2) is 13.1 Å². The fourth-order valence-electron chi connectivity index (χ4n) is 2.88. The lowest BCUT2D eigenvalue weighted by Crippen LogP contribution is -2.36. The van der Waals surface area contributed by atoms with Gasteiger partial charge in [-0.05, 0) is 43.9 Å². The van der Waals surface area contributed by atoms with E-state index < -0.39 is 10.0 Å². The maximum atomic E-state index is 12.6. The van der Waals surface area contributed by atoms with Gasteiger partial charge in [0.2, 0.25) is 10.0 Å². The molecule has 0 aromatic heterocycles. The Morgan fingerprint density at radius 1 is 1.15 bits per heavy atom. The zero-order valence-electron chi connectivity index (χ0n) is 12.4. The molecule has 20 heavy (non-hydrogen) atoms. The molecule has 1 fully saturated rings. The zero-order valence-corrected chi connectivity index (χ0v) is 13.2. The van der Waals surface area contributed by atoms with Gasteiger partial charge in [0.25, 0.3) is 0 Å². The first-order chi connectivity index (χ1) is 9.44. The number of hydrogen-bond acceptors (Lipinski definition) is 3. The first-order valence-electron chi connectivity index (χ1n) is 7.11. The number of hydrogen-bond donors (Lipinski definition) is 1. The van der Waals surface area contributed by atoms with Gasteiger partial charge in [-0.15, -0.1) is 0 Å². The van der Waals surface area contributed by atoms with Gasteiger partial charge in [-0.2, -0.15) is 0 Å². The van der Waals surface area contributed by atoms with Crippen LogP contribution in [0, 0.1) is 13.8 Å². The molecule has 112 valence electrons. The number of benzene rings is 1. The van der Waals surface area contributed by atoms with E-state index in [4.69, 9.17) is 4.74 Å². The Morgan fingerprint density at radius 3 is 2.40 bits per heavy atom. The number of aryl methyl sites for hydroxylation is 2. The van der Waals surface area contributed by atoms with Crippen molar-refractivity contribution in [3.63, 3.8) is 0 Å². The molecule has 2 rings (SSSR count). The molecule has 0 spiro atoms. The first kappa shape index (κ1) is 15.3. The monoisotopic (exact) mass is 297 g/mol. The third kappa shape index (κ3) is 3.33. The highest BCUT2D eigenvalue weighted by atomic mass is 32.2. The van der Waals surface area contributed by atoms with E-state index in [0.717, 1.165) is 36.8 Å². The summed E-state index contributed by atoms with van der Waals surface area (Å²) in [6, 6.07) is 3.66. The third-order valence-corrected chi connectivity index (χ3v) is 5.33. The molecule has 4 nitrogen and oxygen atoms in total. The third-order valence-electron chi connectivity index (χ3n) is 3.81. The molecule has 0 atom stereocenters. The fourth-order valence-corrected chi connectivity index (χ4v) is 4.51. The van der Waals surface area contributed by atoms with E-state index in [2.05, 4.69) is 4.72 Å². The van der Waals surface area contributed by atoms with E-state index in [9.17, 15) is 8.42 Å². The van der Waals surface area contributed by atoms with Crippen LogP contribution in [0.3, 0.4) is 0 Å². The molecule has 0 aliphatic heterocycles. The Balaban J connectivity index is 2.33. The quantitative estimate of drug-likeness (QED) is 0.929. The van der Waals surface area contributed by atoms with Crippen molar-refractivity contribution in [3.8, 4) is 5.75 Å².